The van der Waals surface area contributed by atoms with E-state index in [1.165, 1.54) is 0 Å². The van der Waals surface area contributed by atoms with Gasteiger partial charge in [-0.2, -0.15) is 5.26 Å². The highest BCUT2D eigenvalue weighted by Crippen LogP contribution is 2.30. The molecule has 20 heavy (non-hydrogen) atoms. The van der Waals surface area contributed by atoms with E-state index in [9.17, 15) is 5.26 Å². The lowest BCUT2D eigenvalue weighted by Crippen LogP contribution is -2.15. The van der Waals surface area contributed by atoms with E-state index in [1.807, 2.05) is 35.6 Å². The number of para-hydroxylation sites is 2. The molecule has 0 atom stereocenters. The molecule has 0 aliphatic heterocycles. The number of rotatable bonds is 2. The first kappa shape index (κ1) is 12.5. The Kier molecular flexibility index (Phi) is 2.81. The lowest BCUT2D eigenvalue weighted by Gasteiger charge is -2.15. The van der Waals surface area contributed by atoms with Crippen LogP contribution in [0.25, 0.3) is 16.7 Å². The summed E-state index contributed by atoms with van der Waals surface area (Å²) in [6.07, 6.45) is 0.794. The van der Waals surface area contributed by atoms with Gasteiger partial charge in [0, 0.05) is 0 Å². The summed E-state index contributed by atoms with van der Waals surface area (Å²) in [7, 11) is 0. The molecule has 0 amide bonds. The maximum atomic E-state index is 9.47. The maximum Gasteiger partial charge on any atom is 0.157 e. The molecule has 5 heteroatoms. The molecule has 0 saturated heterocycles. The molecular formula is C15H15N5. The summed E-state index contributed by atoms with van der Waals surface area (Å²) in [5.41, 5.74) is 7.81. The number of nitrogen functional groups attached to an aromatic ring is 1. The van der Waals surface area contributed by atoms with Crippen LogP contribution in [-0.4, -0.2) is 9.38 Å². The molecule has 0 spiro atoms. The normalized spacial score (nSPS) is 10.9. The number of anilines is 1. The average molecular weight is 265 g/mol. The lowest BCUT2D eigenvalue weighted by molar-refractivity contribution is 1.04. The standard InChI is InChI=1S/C15H15N5/c1-3-10-9(2)11(8-16)14-18-12-6-4-5-7-13(12)20(14)15(10)19-17/h4-7,19H,3,17H2,1-2H3. The summed E-state index contributed by atoms with van der Waals surface area (Å²) >= 11 is 0. The van der Waals surface area contributed by atoms with Gasteiger partial charge in [0.2, 0.25) is 0 Å². The molecule has 0 fully saturated rings. The van der Waals surface area contributed by atoms with Crippen LogP contribution >= 0.6 is 0 Å². The minimum atomic E-state index is 0.608. The third kappa shape index (κ3) is 1.49. The zero-order valence-electron chi connectivity index (χ0n) is 11.4. The number of hydrogen-bond donors (Lipinski definition) is 2. The van der Waals surface area contributed by atoms with Crippen LogP contribution < -0.4 is 11.3 Å². The van der Waals surface area contributed by atoms with Crippen molar-refractivity contribution in [2.75, 3.05) is 5.43 Å². The SMILES string of the molecule is CCc1c(C)c(C#N)c2nc3ccccc3n2c1NN. The molecule has 3 rings (SSSR count). The molecular weight excluding hydrogens is 250 g/mol. The van der Waals surface area contributed by atoms with E-state index in [1.54, 1.807) is 0 Å². The van der Waals surface area contributed by atoms with Gasteiger partial charge in [0.25, 0.3) is 0 Å². The summed E-state index contributed by atoms with van der Waals surface area (Å²) in [6, 6.07) is 10.1. The molecule has 0 aliphatic rings. The number of hydrazine groups is 1. The fourth-order valence-corrected chi connectivity index (χ4v) is 2.77. The monoisotopic (exact) mass is 265 g/mol. The Bertz CT molecular complexity index is 854. The van der Waals surface area contributed by atoms with Crippen LogP contribution in [0.4, 0.5) is 5.82 Å². The summed E-state index contributed by atoms with van der Waals surface area (Å²) in [5, 5.41) is 9.47. The topological polar surface area (TPSA) is 79.1 Å². The third-order valence-electron chi connectivity index (χ3n) is 3.72. The Labute approximate surface area is 116 Å². The highest BCUT2D eigenvalue weighted by molar-refractivity contribution is 5.86. The van der Waals surface area contributed by atoms with Crippen molar-refractivity contribution in [3.63, 3.8) is 0 Å². The van der Waals surface area contributed by atoms with Crippen molar-refractivity contribution in [2.24, 2.45) is 5.84 Å². The van der Waals surface area contributed by atoms with Crippen molar-refractivity contribution in [3.05, 3.63) is 41.0 Å². The zero-order valence-corrected chi connectivity index (χ0v) is 11.4. The van der Waals surface area contributed by atoms with Gasteiger partial charge in [0.15, 0.2) is 5.65 Å². The second-order valence-corrected chi connectivity index (χ2v) is 4.70. The number of fused-ring (bicyclic) bond motifs is 3. The Hall–Kier alpha value is -2.58. The molecule has 100 valence electrons. The van der Waals surface area contributed by atoms with Crippen molar-refractivity contribution in [1.29, 1.82) is 5.26 Å². The first-order valence-electron chi connectivity index (χ1n) is 6.52. The summed E-state index contributed by atoms with van der Waals surface area (Å²) in [4.78, 5) is 4.58. The van der Waals surface area contributed by atoms with Gasteiger partial charge in [-0.25, -0.2) is 10.8 Å². The van der Waals surface area contributed by atoms with Crippen molar-refractivity contribution < 1.29 is 0 Å². The Morgan fingerprint density at radius 3 is 2.80 bits per heavy atom. The van der Waals surface area contributed by atoms with E-state index < -0.39 is 0 Å². The molecule has 2 heterocycles. The van der Waals surface area contributed by atoms with Crippen molar-refractivity contribution in [2.45, 2.75) is 20.3 Å². The Balaban J connectivity index is 2.64. The van der Waals surface area contributed by atoms with E-state index in [-0.39, 0.29) is 0 Å². The van der Waals surface area contributed by atoms with Gasteiger partial charge in [-0.1, -0.05) is 19.1 Å². The second kappa shape index (κ2) is 4.51. The molecule has 1 aromatic carbocycles. The van der Waals surface area contributed by atoms with Gasteiger partial charge < -0.3 is 5.43 Å². The molecule has 0 bridgehead atoms. The number of nitrogens with one attached hydrogen (secondary N) is 1. The molecule has 0 unspecified atom stereocenters. The van der Waals surface area contributed by atoms with E-state index in [4.69, 9.17) is 5.84 Å². The number of pyridine rings is 1. The van der Waals surface area contributed by atoms with Crippen molar-refractivity contribution in [1.82, 2.24) is 9.38 Å². The highest BCUT2D eigenvalue weighted by Gasteiger charge is 2.18. The van der Waals surface area contributed by atoms with Gasteiger partial charge in [-0.3, -0.25) is 4.40 Å². The number of nitrogens with zero attached hydrogens (tertiary/aromatic N) is 3. The summed E-state index contributed by atoms with van der Waals surface area (Å²) < 4.78 is 1.93. The van der Waals surface area contributed by atoms with Crippen molar-refractivity contribution in [3.8, 4) is 6.07 Å². The van der Waals surface area contributed by atoms with E-state index >= 15 is 0 Å². The van der Waals surface area contributed by atoms with E-state index in [2.05, 4.69) is 23.4 Å². The number of hydrogen-bond acceptors (Lipinski definition) is 4. The van der Waals surface area contributed by atoms with Gasteiger partial charge in [0.05, 0.1) is 16.6 Å². The second-order valence-electron chi connectivity index (χ2n) is 4.70. The number of nitriles is 1. The predicted molar refractivity (Wildman–Crippen MR) is 79.3 cm³/mol. The molecule has 0 radical (unpaired) electrons. The summed E-state index contributed by atoms with van der Waals surface area (Å²) in [5.74, 6) is 6.52. The van der Waals surface area contributed by atoms with Gasteiger partial charge in [0.1, 0.15) is 11.9 Å². The van der Waals surface area contributed by atoms with Crippen LogP contribution in [0.3, 0.4) is 0 Å². The van der Waals surface area contributed by atoms with Crippen LogP contribution in [0.1, 0.15) is 23.6 Å². The maximum absolute atomic E-state index is 9.47. The molecule has 2 aromatic heterocycles. The van der Waals surface area contributed by atoms with E-state index in [0.29, 0.717) is 11.2 Å². The molecule has 0 saturated carbocycles. The number of imidazole rings is 1. The molecule has 3 aromatic rings. The van der Waals surface area contributed by atoms with E-state index in [0.717, 1.165) is 34.4 Å². The van der Waals surface area contributed by atoms with Crippen LogP contribution in [-0.2, 0) is 6.42 Å². The smallest absolute Gasteiger partial charge is 0.157 e. The Morgan fingerprint density at radius 1 is 1.40 bits per heavy atom. The quantitative estimate of drug-likeness (QED) is 0.551. The predicted octanol–water partition coefficient (Wildman–Crippen LogP) is 2.52. The number of benzene rings is 1. The zero-order chi connectivity index (χ0) is 14.3. The summed E-state index contributed by atoms with van der Waals surface area (Å²) in [6.45, 7) is 3.99. The first-order valence-corrected chi connectivity index (χ1v) is 6.52. The fourth-order valence-electron chi connectivity index (χ4n) is 2.77. The van der Waals surface area contributed by atoms with Crippen molar-refractivity contribution >= 4 is 22.5 Å². The first-order chi connectivity index (χ1) is 9.72. The van der Waals surface area contributed by atoms with Crippen LogP contribution in [0.2, 0.25) is 0 Å². The van der Waals surface area contributed by atoms with Crippen LogP contribution in [0, 0.1) is 18.3 Å². The van der Waals surface area contributed by atoms with Gasteiger partial charge in [-0.05, 0) is 36.6 Å². The number of nitrogens with two attached hydrogens (primary N) is 1. The molecule has 3 N–H and O–H groups in total. The largest absolute Gasteiger partial charge is 0.309 e. The average Bonchev–Trinajstić information content (AvgIpc) is 2.84. The Morgan fingerprint density at radius 2 is 2.15 bits per heavy atom. The minimum Gasteiger partial charge on any atom is -0.309 e. The lowest BCUT2D eigenvalue weighted by atomic mass is 10.0. The third-order valence-corrected chi connectivity index (χ3v) is 3.72. The van der Waals surface area contributed by atoms with Gasteiger partial charge in [-0.15, -0.1) is 0 Å². The van der Waals surface area contributed by atoms with Gasteiger partial charge >= 0.3 is 0 Å². The minimum absolute atomic E-state index is 0.608. The van der Waals surface area contributed by atoms with Crippen LogP contribution in [0.15, 0.2) is 24.3 Å². The fraction of sp³-hybridized carbons (Fsp3) is 0.200. The molecule has 0 aliphatic carbocycles. The number of aromatic nitrogens is 2. The molecule has 5 nitrogen and oxygen atoms in total. The van der Waals surface area contributed by atoms with Crippen LogP contribution in [0.5, 0.6) is 0 Å². The highest BCUT2D eigenvalue weighted by atomic mass is 15.3.